The van der Waals surface area contributed by atoms with Crippen LogP contribution in [0.1, 0.15) is 29.6 Å². The molecule has 23 heavy (non-hydrogen) atoms. The monoisotopic (exact) mass is 320 g/mol. The highest BCUT2D eigenvalue weighted by atomic mass is 19.1. The van der Waals surface area contributed by atoms with E-state index < -0.39 is 0 Å². The molecule has 2 fully saturated rings. The number of piperidine rings is 1. The number of quaternary nitrogens is 1. The summed E-state index contributed by atoms with van der Waals surface area (Å²) in [7, 11) is 0. The summed E-state index contributed by atoms with van der Waals surface area (Å²) in [4.78, 5) is 36.2. The van der Waals surface area contributed by atoms with E-state index in [1.165, 1.54) is 24.3 Å². The van der Waals surface area contributed by atoms with Crippen LogP contribution in [0.15, 0.2) is 24.3 Å². The zero-order valence-corrected chi connectivity index (χ0v) is 12.6. The summed E-state index contributed by atoms with van der Waals surface area (Å²) in [6, 6.07) is 5.18. The Labute approximate surface area is 133 Å². The van der Waals surface area contributed by atoms with Crippen molar-refractivity contribution < 1.29 is 23.7 Å². The molecule has 3 amide bonds. The molecule has 122 valence electrons. The Morgan fingerprint density at radius 1 is 1.17 bits per heavy atom. The quantitative estimate of drug-likeness (QED) is 0.626. The van der Waals surface area contributed by atoms with Crippen LogP contribution < -0.4 is 15.5 Å². The lowest BCUT2D eigenvalue weighted by atomic mass is 10.0. The zero-order valence-electron chi connectivity index (χ0n) is 12.6. The molecule has 0 aromatic heterocycles. The Bertz CT molecular complexity index is 624. The summed E-state index contributed by atoms with van der Waals surface area (Å²) >= 11 is 0. The van der Waals surface area contributed by atoms with Gasteiger partial charge < -0.3 is 10.2 Å². The molecule has 7 heteroatoms. The van der Waals surface area contributed by atoms with Gasteiger partial charge in [-0.2, -0.15) is 0 Å². The molecule has 1 aromatic rings. The van der Waals surface area contributed by atoms with Crippen LogP contribution in [-0.2, 0) is 9.59 Å². The molecule has 3 N–H and O–H groups in total. The fraction of sp³-hybridized carbons (Fsp3) is 0.438. The van der Waals surface area contributed by atoms with Crippen molar-refractivity contribution in [3.63, 3.8) is 0 Å². The number of benzene rings is 1. The lowest BCUT2D eigenvalue weighted by Gasteiger charge is -2.32. The number of halogens is 1. The van der Waals surface area contributed by atoms with Crippen molar-refractivity contribution >= 4 is 17.7 Å². The molecular formula is C16H19FN3O3+. The first-order chi connectivity index (χ1) is 11.0. The molecule has 0 saturated carbocycles. The van der Waals surface area contributed by atoms with Gasteiger partial charge in [-0.1, -0.05) is 0 Å². The van der Waals surface area contributed by atoms with Gasteiger partial charge in [-0.15, -0.1) is 0 Å². The van der Waals surface area contributed by atoms with Crippen LogP contribution in [0.4, 0.5) is 4.39 Å². The average Bonchev–Trinajstić information content (AvgIpc) is 2.87. The lowest BCUT2D eigenvalue weighted by molar-refractivity contribution is -0.919. The minimum Gasteiger partial charge on any atom is -0.349 e. The van der Waals surface area contributed by atoms with Crippen molar-refractivity contribution in [1.29, 1.82) is 0 Å². The number of imide groups is 1. The van der Waals surface area contributed by atoms with Gasteiger partial charge in [-0.05, 0) is 24.3 Å². The maximum absolute atomic E-state index is 12.9. The lowest BCUT2D eigenvalue weighted by Crippen LogP contribution is -3.17. The average molecular weight is 320 g/mol. The summed E-state index contributed by atoms with van der Waals surface area (Å²) in [5, 5.41) is 5.28. The van der Waals surface area contributed by atoms with Crippen molar-refractivity contribution in [2.24, 2.45) is 0 Å². The van der Waals surface area contributed by atoms with E-state index in [1.54, 1.807) is 0 Å². The highest BCUT2D eigenvalue weighted by Crippen LogP contribution is 2.07. The van der Waals surface area contributed by atoms with Gasteiger partial charge in [0.2, 0.25) is 5.91 Å². The van der Waals surface area contributed by atoms with E-state index in [4.69, 9.17) is 0 Å². The van der Waals surface area contributed by atoms with Gasteiger partial charge in [0.15, 0.2) is 6.04 Å². The van der Waals surface area contributed by atoms with Crippen LogP contribution in [0.25, 0.3) is 0 Å². The van der Waals surface area contributed by atoms with Crippen LogP contribution in [0.3, 0.4) is 0 Å². The predicted octanol–water partition coefficient (Wildman–Crippen LogP) is -0.982. The van der Waals surface area contributed by atoms with E-state index in [0.717, 1.165) is 30.8 Å². The third-order valence-corrected chi connectivity index (χ3v) is 4.53. The van der Waals surface area contributed by atoms with Gasteiger partial charge in [0.25, 0.3) is 11.8 Å². The Hall–Kier alpha value is -2.28. The maximum Gasteiger partial charge on any atom is 0.285 e. The van der Waals surface area contributed by atoms with Gasteiger partial charge in [-0.3, -0.25) is 19.7 Å². The Morgan fingerprint density at radius 2 is 1.83 bits per heavy atom. The van der Waals surface area contributed by atoms with E-state index in [1.807, 2.05) is 0 Å². The van der Waals surface area contributed by atoms with E-state index in [0.29, 0.717) is 5.56 Å². The molecule has 0 bridgehead atoms. The SMILES string of the molecule is O=C1C[C@@H]([NH+]2CCC(NC(=O)c3ccc(F)cc3)CC2)C(=O)N1. The summed E-state index contributed by atoms with van der Waals surface area (Å²) in [5.74, 6) is -0.992. The number of hydrogen-bond donors (Lipinski definition) is 3. The van der Waals surface area contributed by atoms with Crippen LogP contribution in [-0.4, -0.2) is 42.9 Å². The Kier molecular flexibility index (Phi) is 4.38. The normalized spacial score (nSPS) is 27.6. The Balaban J connectivity index is 1.51. The third kappa shape index (κ3) is 3.56. The fourth-order valence-electron chi connectivity index (χ4n) is 3.23. The van der Waals surface area contributed by atoms with Crippen LogP contribution in [0.2, 0.25) is 0 Å². The predicted molar refractivity (Wildman–Crippen MR) is 79.1 cm³/mol. The van der Waals surface area contributed by atoms with Crippen LogP contribution in [0, 0.1) is 5.82 Å². The highest BCUT2D eigenvalue weighted by Gasteiger charge is 2.40. The third-order valence-electron chi connectivity index (χ3n) is 4.53. The van der Waals surface area contributed by atoms with Crippen molar-refractivity contribution in [2.75, 3.05) is 13.1 Å². The van der Waals surface area contributed by atoms with E-state index >= 15 is 0 Å². The molecule has 0 spiro atoms. The topological polar surface area (TPSA) is 79.7 Å². The first kappa shape index (κ1) is 15.6. The second-order valence-electron chi connectivity index (χ2n) is 6.08. The van der Waals surface area contributed by atoms with Crippen LogP contribution in [0.5, 0.6) is 0 Å². The number of carbonyl (C=O) groups excluding carboxylic acids is 3. The summed E-state index contributed by atoms with van der Waals surface area (Å²) < 4.78 is 12.9. The van der Waals surface area contributed by atoms with Gasteiger partial charge in [0.1, 0.15) is 5.82 Å². The number of carbonyl (C=O) groups is 3. The largest absolute Gasteiger partial charge is 0.349 e. The molecule has 0 aliphatic carbocycles. The number of likely N-dealkylation sites (tertiary alicyclic amines) is 1. The van der Waals surface area contributed by atoms with E-state index in [9.17, 15) is 18.8 Å². The standard InChI is InChI=1S/C16H18FN3O3/c17-11-3-1-10(2-4-11)15(22)18-12-5-7-20(8-6-12)13-9-14(21)19-16(13)23/h1-4,12-13H,5-9H2,(H,18,22)(H,19,21,23)/p+1/t13-/m1/s1. The fourth-order valence-corrected chi connectivity index (χ4v) is 3.23. The molecule has 6 nitrogen and oxygen atoms in total. The first-order valence-corrected chi connectivity index (χ1v) is 7.77. The molecule has 2 heterocycles. The van der Waals surface area contributed by atoms with E-state index in [-0.39, 0.29) is 42.0 Å². The molecule has 2 aliphatic rings. The first-order valence-electron chi connectivity index (χ1n) is 7.77. The summed E-state index contributed by atoms with van der Waals surface area (Å²) in [6.07, 6.45) is 1.75. The minimum absolute atomic E-state index is 0.0384. The van der Waals surface area contributed by atoms with Crippen molar-refractivity contribution in [1.82, 2.24) is 10.6 Å². The van der Waals surface area contributed by atoms with Crippen molar-refractivity contribution in [3.8, 4) is 0 Å². The summed E-state index contributed by atoms with van der Waals surface area (Å²) in [5.41, 5.74) is 0.432. The smallest absolute Gasteiger partial charge is 0.285 e. The molecule has 0 unspecified atom stereocenters. The Morgan fingerprint density at radius 3 is 2.39 bits per heavy atom. The molecule has 0 radical (unpaired) electrons. The number of hydrogen-bond acceptors (Lipinski definition) is 3. The van der Waals surface area contributed by atoms with Crippen molar-refractivity contribution in [2.45, 2.75) is 31.3 Å². The maximum atomic E-state index is 12.9. The minimum atomic E-state index is -0.372. The zero-order chi connectivity index (χ0) is 16.4. The summed E-state index contributed by atoms with van der Waals surface area (Å²) in [6.45, 7) is 1.47. The van der Waals surface area contributed by atoms with Crippen molar-refractivity contribution in [3.05, 3.63) is 35.6 Å². The van der Waals surface area contributed by atoms with Gasteiger partial charge >= 0.3 is 0 Å². The van der Waals surface area contributed by atoms with E-state index in [2.05, 4.69) is 10.6 Å². The van der Waals surface area contributed by atoms with Gasteiger partial charge in [0.05, 0.1) is 19.5 Å². The number of rotatable bonds is 3. The molecular weight excluding hydrogens is 301 g/mol. The van der Waals surface area contributed by atoms with Crippen LogP contribution >= 0.6 is 0 Å². The molecule has 1 atom stereocenters. The highest BCUT2D eigenvalue weighted by molar-refractivity contribution is 6.04. The molecule has 3 rings (SSSR count). The molecule has 2 saturated heterocycles. The molecule has 2 aliphatic heterocycles. The number of nitrogens with one attached hydrogen (secondary N) is 3. The van der Waals surface area contributed by atoms with Gasteiger partial charge in [-0.25, -0.2) is 4.39 Å². The van der Waals surface area contributed by atoms with Gasteiger partial charge in [0, 0.05) is 24.4 Å². The second-order valence-corrected chi connectivity index (χ2v) is 6.08. The second kappa shape index (κ2) is 6.45. The number of amides is 3. The molecule has 1 aromatic carbocycles.